The highest BCUT2D eigenvalue weighted by molar-refractivity contribution is 7.91. The molecule has 1 atom stereocenters. The molecule has 8 nitrogen and oxygen atoms in total. The maximum atomic E-state index is 12.1. The molecule has 0 aliphatic heterocycles. The third kappa shape index (κ3) is 33.7. The topological polar surface area (TPSA) is 99.2 Å². The number of unbranched alkanes of at least 4 members (excludes halogenated alkanes) is 11. The van der Waals surface area contributed by atoms with Crippen LogP contribution in [0, 0.1) is 0 Å². The van der Waals surface area contributed by atoms with E-state index in [1.54, 1.807) is 0 Å². The highest BCUT2D eigenvalue weighted by Gasteiger charge is 2.19. The summed E-state index contributed by atoms with van der Waals surface area (Å²) in [5.41, 5.74) is 0. The van der Waals surface area contributed by atoms with Gasteiger partial charge in [-0.15, -0.1) is 0 Å². The lowest BCUT2D eigenvalue weighted by Gasteiger charge is -2.16. The molecule has 214 valence electrons. The largest absolute Gasteiger partial charge is 0.379 e. The summed E-state index contributed by atoms with van der Waals surface area (Å²) in [7, 11) is 0.571. The lowest BCUT2D eigenvalue weighted by Crippen LogP contribution is -2.29. The van der Waals surface area contributed by atoms with E-state index in [4.69, 9.17) is 9.47 Å². The Morgan fingerprint density at radius 1 is 0.714 bits per heavy atom. The van der Waals surface area contributed by atoms with E-state index in [0.717, 1.165) is 19.1 Å². The van der Waals surface area contributed by atoms with Crippen molar-refractivity contribution in [1.82, 2.24) is 4.90 Å². The molecule has 0 radical (unpaired) electrons. The van der Waals surface area contributed by atoms with Crippen molar-refractivity contribution in [1.29, 1.82) is 0 Å². The van der Waals surface area contributed by atoms with Crippen LogP contribution in [-0.4, -0.2) is 93.7 Å². The van der Waals surface area contributed by atoms with Crippen molar-refractivity contribution in [3.8, 4) is 0 Å². The first kappa shape index (κ1) is 36.9. The second-order valence-electron chi connectivity index (χ2n) is 9.66. The molecule has 0 bridgehead atoms. The molecule has 10 heteroatoms. The Kier molecular flexibility index (Phi) is 25.4. The van der Waals surface area contributed by atoms with Crippen LogP contribution in [0.4, 0.5) is 0 Å². The van der Waals surface area contributed by atoms with Crippen molar-refractivity contribution in [3.63, 3.8) is 0 Å². The first-order valence-electron chi connectivity index (χ1n) is 13.2. The van der Waals surface area contributed by atoms with Crippen LogP contribution in [0.1, 0.15) is 90.4 Å². The van der Waals surface area contributed by atoms with Crippen LogP contribution in [0.3, 0.4) is 0 Å². The van der Waals surface area contributed by atoms with Gasteiger partial charge in [0.15, 0.2) is 9.84 Å². The van der Waals surface area contributed by atoms with Crippen LogP contribution in [0.2, 0.25) is 0 Å². The van der Waals surface area contributed by atoms with Gasteiger partial charge in [-0.05, 0) is 34.0 Å². The maximum absolute atomic E-state index is 12.1. The third-order valence-corrected chi connectivity index (χ3v) is 7.50. The molecular weight excluding hydrogens is 490 g/mol. The van der Waals surface area contributed by atoms with Crippen molar-refractivity contribution in [2.24, 2.45) is 0 Å². The molecule has 0 amide bonds. The quantitative estimate of drug-likeness (QED) is 0.135. The van der Waals surface area contributed by atoms with Gasteiger partial charge in [0.25, 0.3) is 10.1 Å². The highest BCUT2D eigenvalue weighted by atomic mass is 32.2. The minimum Gasteiger partial charge on any atom is -0.379 e. The van der Waals surface area contributed by atoms with Crippen LogP contribution >= 0.6 is 0 Å². The van der Waals surface area contributed by atoms with Crippen molar-refractivity contribution in [2.45, 2.75) is 96.5 Å². The smallest absolute Gasteiger partial charge is 0.264 e. The highest BCUT2D eigenvalue weighted by Crippen LogP contribution is 2.12. The zero-order valence-electron chi connectivity index (χ0n) is 23.4. The fraction of sp³-hybridized carbons (Fsp3) is 1.00. The Labute approximate surface area is 217 Å². The number of nitrogens with zero attached hydrogens (tertiary/aromatic N) is 1. The Bertz CT molecular complexity index is 650. The van der Waals surface area contributed by atoms with E-state index in [-0.39, 0.29) is 31.1 Å². The number of ether oxygens (including phenoxy) is 2. The van der Waals surface area contributed by atoms with E-state index in [2.05, 4.69) is 11.1 Å². The first-order valence-corrected chi connectivity index (χ1v) is 16.8. The first-order chi connectivity index (χ1) is 16.4. The van der Waals surface area contributed by atoms with Gasteiger partial charge in [-0.1, -0.05) is 77.6 Å². The van der Waals surface area contributed by atoms with Crippen LogP contribution in [0.15, 0.2) is 0 Å². The van der Waals surface area contributed by atoms with Gasteiger partial charge in [0.2, 0.25) is 0 Å². The van der Waals surface area contributed by atoms with Gasteiger partial charge in [0, 0.05) is 13.7 Å². The van der Waals surface area contributed by atoms with Crippen molar-refractivity contribution in [2.75, 3.05) is 65.8 Å². The Hall–Kier alpha value is -0.260. The fourth-order valence-electron chi connectivity index (χ4n) is 3.30. The zero-order valence-corrected chi connectivity index (χ0v) is 25.1. The lowest BCUT2D eigenvalue weighted by atomic mass is 10.1. The van der Waals surface area contributed by atoms with Gasteiger partial charge in [-0.2, -0.15) is 8.42 Å². The molecule has 0 spiro atoms. The normalized spacial score (nSPS) is 13.0. The number of hydrogen-bond donors (Lipinski definition) is 0. The van der Waals surface area contributed by atoms with Gasteiger partial charge in [-0.3, -0.25) is 4.18 Å². The molecule has 0 saturated carbocycles. The summed E-state index contributed by atoms with van der Waals surface area (Å²) in [6.07, 6.45) is 16.0. The van der Waals surface area contributed by atoms with Gasteiger partial charge in [0.05, 0.1) is 37.1 Å². The van der Waals surface area contributed by atoms with Crippen molar-refractivity contribution < 1.29 is 30.5 Å². The molecule has 1 unspecified atom stereocenters. The fourth-order valence-corrected chi connectivity index (χ4v) is 5.24. The summed E-state index contributed by atoms with van der Waals surface area (Å²) in [5.74, 6) is -0.276. The molecule has 0 aromatic rings. The van der Waals surface area contributed by atoms with Gasteiger partial charge < -0.3 is 14.4 Å². The van der Waals surface area contributed by atoms with Crippen LogP contribution in [-0.2, 0) is 33.6 Å². The summed E-state index contributed by atoms with van der Waals surface area (Å²) in [6.45, 7) is 2.97. The molecular formula is C25H55NO7S2. The van der Waals surface area contributed by atoms with E-state index >= 15 is 0 Å². The predicted molar refractivity (Wildman–Crippen MR) is 146 cm³/mol. The van der Waals surface area contributed by atoms with Gasteiger partial charge in [0.1, 0.15) is 0 Å². The van der Waals surface area contributed by atoms with Gasteiger partial charge >= 0.3 is 0 Å². The van der Waals surface area contributed by atoms with Crippen LogP contribution in [0.25, 0.3) is 0 Å². The molecule has 35 heavy (non-hydrogen) atoms. The second kappa shape index (κ2) is 24.1. The maximum Gasteiger partial charge on any atom is 0.264 e. The number of methoxy groups -OCH3 is 1. The summed E-state index contributed by atoms with van der Waals surface area (Å²) in [5, 5.41) is 0. The van der Waals surface area contributed by atoms with Crippen LogP contribution < -0.4 is 0 Å². The molecule has 0 aromatic heterocycles. The summed E-state index contributed by atoms with van der Waals surface area (Å²) < 4.78 is 61.4. The van der Waals surface area contributed by atoms with E-state index < -0.39 is 26.1 Å². The molecule has 0 fully saturated rings. The minimum absolute atomic E-state index is 0.131. The lowest BCUT2D eigenvalue weighted by molar-refractivity contribution is 0.0190. The minimum atomic E-state index is -3.54. The molecule has 0 N–H and O–H groups in total. The second-order valence-corrected chi connectivity index (χ2v) is 13.5. The Balaban J connectivity index is 0. The monoisotopic (exact) mass is 545 g/mol. The molecule has 0 aliphatic rings. The molecule has 0 aliphatic carbocycles. The summed E-state index contributed by atoms with van der Waals surface area (Å²) in [4.78, 5) is 2.00. The SMILES string of the molecule is CCCCCCCCCCCCCCOCC(CS(=O)(=O)CCCOS(C)(=O)=O)OC.CN(C)C. The van der Waals surface area contributed by atoms with E-state index in [0.29, 0.717) is 6.61 Å². The Morgan fingerprint density at radius 3 is 1.60 bits per heavy atom. The van der Waals surface area contributed by atoms with E-state index in [9.17, 15) is 16.8 Å². The van der Waals surface area contributed by atoms with Crippen LogP contribution in [0.5, 0.6) is 0 Å². The predicted octanol–water partition coefficient (Wildman–Crippen LogP) is 4.68. The number of rotatable bonds is 23. The van der Waals surface area contributed by atoms with E-state index in [1.165, 1.54) is 71.3 Å². The molecule has 0 heterocycles. The summed E-state index contributed by atoms with van der Waals surface area (Å²) >= 11 is 0. The average molecular weight is 546 g/mol. The zero-order chi connectivity index (χ0) is 27.0. The average Bonchev–Trinajstić information content (AvgIpc) is 2.75. The standard InChI is InChI=1S/C22H46O7S2.C3H9N/c1-4-5-6-7-8-9-10-11-12-13-14-15-17-28-20-22(27-2)21-31(25,26)19-16-18-29-30(3,23)24;1-4(2)3/h22H,4-21H2,1-3H3;1-3H3. The van der Waals surface area contributed by atoms with E-state index in [1.807, 2.05) is 26.0 Å². The summed E-state index contributed by atoms with van der Waals surface area (Å²) in [6, 6.07) is 0. The molecule has 0 rings (SSSR count). The molecule has 0 aromatic carbocycles. The van der Waals surface area contributed by atoms with Gasteiger partial charge in [-0.25, -0.2) is 8.42 Å². The number of hydrogen-bond acceptors (Lipinski definition) is 8. The van der Waals surface area contributed by atoms with Crippen molar-refractivity contribution in [3.05, 3.63) is 0 Å². The van der Waals surface area contributed by atoms with Crippen molar-refractivity contribution >= 4 is 20.0 Å². The Morgan fingerprint density at radius 2 is 1.17 bits per heavy atom. The number of sulfone groups is 1. The molecule has 0 saturated heterocycles. The third-order valence-electron chi connectivity index (χ3n) is 5.12.